The van der Waals surface area contributed by atoms with E-state index in [1.807, 2.05) is 65.0 Å². The number of aliphatic carboxylic acids is 1. The number of carbonyl (C=O) groups is 4. The SMILES string of the molecule is CCO[C@H](C[C@H](C(C)C)N(C)C(=O)[C@@H](CC(=O)C1CCC(F)(F)CN1C)[C@@H](C)CC)c1nc(C(=O)N[C@@H](Cc2ccccc2)C[C@H](C)C(=O)O)cs1. The van der Waals surface area contributed by atoms with E-state index >= 15 is 0 Å². The number of nitrogens with zero attached hydrogens (tertiary/aromatic N) is 3. The summed E-state index contributed by atoms with van der Waals surface area (Å²) in [4.78, 5) is 60.6. The molecule has 7 atom stereocenters. The van der Waals surface area contributed by atoms with Crippen molar-refractivity contribution in [3.05, 3.63) is 52.0 Å². The number of likely N-dealkylation sites (tertiary alicyclic amines) is 1. The number of nitrogens with one attached hydrogen (secondary N) is 1. The molecule has 2 aromatic rings. The third-order valence-corrected chi connectivity index (χ3v) is 11.4. The smallest absolute Gasteiger partial charge is 0.306 e. The molecule has 0 spiro atoms. The number of carbonyl (C=O) groups excluding carboxylic acids is 3. The Morgan fingerprint density at radius 2 is 1.79 bits per heavy atom. The van der Waals surface area contributed by atoms with E-state index in [-0.39, 0.29) is 60.9 Å². The van der Waals surface area contributed by atoms with E-state index in [4.69, 9.17) is 4.74 Å². The van der Waals surface area contributed by atoms with Crippen molar-refractivity contribution < 1.29 is 37.8 Å². The number of alkyl halides is 2. The zero-order valence-corrected chi connectivity index (χ0v) is 32.8. The summed E-state index contributed by atoms with van der Waals surface area (Å²) in [7, 11) is 3.29. The number of amides is 2. The number of Topliss-reactive ketones (excluding diaryl/α,β-unsaturated/α-hetero) is 1. The molecule has 10 nitrogen and oxygen atoms in total. The van der Waals surface area contributed by atoms with Gasteiger partial charge in [-0.05, 0) is 50.6 Å². The summed E-state index contributed by atoms with van der Waals surface area (Å²) < 4.78 is 34.1. The first-order valence-corrected chi connectivity index (χ1v) is 19.4. The van der Waals surface area contributed by atoms with Crippen molar-refractivity contribution in [3.8, 4) is 0 Å². The molecule has 1 aliphatic rings. The lowest BCUT2D eigenvalue weighted by Crippen LogP contribution is -2.51. The third kappa shape index (κ3) is 12.1. The zero-order valence-electron chi connectivity index (χ0n) is 31.9. The second-order valence-electron chi connectivity index (χ2n) is 14.8. The largest absolute Gasteiger partial charge is 0.481 e. The second-order valence-corrected chi connectivity index (χ2v) is 15.7. The van der Waals surface area contributed by atoms with Crippen LogP contribution in [0.3, 0.4) is 0 Å². The molecule has 2 heterocycles. The summed E-state index contributed by atoms with van der Waals surface area (Å²) in [6.07, 6.45) is 0.978. The standard InChI is InChI=1S/C39H58F2N4O6S/c1-9-25(5)29(20-33(46)31-16-17-39(40,41)23-44(31)7)37(48)45(8)32(24(3)4)21-34(51-10-2)36-43-30(22-52-36)35(47)42-28(18-26(6)38(49)50)19-27-14-12-11-13-15-27/h11-15,22,24-26,28-29,31-32,34H,9-10,16-21,23H2,1-8H3,(H,42,47)(H,49,50)/t25-,26-,28+,29-,31?,32+,34+/m0/s1. The summed E-state index contributed by atoms with van der Waals surface area (Å²) in [5.41, 5.74) is 1.18. The van der Waals surface area contributed by atoms with Gasteiger partial charge >= 0.3 is 5.97 Å². The normalized spacial score (nSPS) is 19.6. The number of thiazole rings is 1. The van der Waals surface area contributed by atoms with Crippen LogP contribution < -0.4 is 5.32 Å². The van der Waals surface area contributed by atoms with Gasteiger partial charge in [0.15, 0.2) is 5.78 Å². The van der Waals surface area contributed by atoms with Gasteiger partial charge in [-0.2, -0.15) is 0 Å². The molecule has 1 fully saturated rings. The van der Waals surface area contributed by atoms with Crippen molar-refractivity contribution in [3.63, 3.8) is 0 Å². The minimum atomic E-state index is -2.83. The Morgan fingerprint density at radius 1 is 1.12 bits per heavy atom. The van der Waals surface area contributed by atoms with Crippen molar-refractivity contribution in [1.82, 2.24) is 20.1 Å². The molecule has 290 valence electrons. The average molecular weight is 749 g/mol. The van der Waals surface area contributed by atoms with Crippen LogP contribution in [0.25, 0.3) is 0 Å². The van der Waals surface area contributed by atoms with Gasteiger partial charge in [0, 0.05) is 56.3 Å². The van der Waals surface area contributed by atoms with Gasteiger partial charge in [-0.1, -0.05) is 71.4 Å². The first kappa shape index (κ1) is 43.1. The first-order chi connectivity index (χ1) is 24.5. The third-order valence-electron chi connectivity index (χ3n) is 10.4. The van der Waals surface area contributed by atoms with Crippen LogP contribution in [0.1, 0.15) is 107 Å². The minimum absolute atomic E-state index is 0.00889. The van der Waals surface area contributed by atoms with Crippen LogP contribution in [0.5, 0.6) is 0 Å². The molecule has 2 N–H and O–H groups in total. The number of carboxylic acids is 1. The molecule has 52 heavy (non-hydrogen) atoms. The Bertz CT molecular complexity index is 1470. The Labute approximate surface area is 311 Å². The number of ether oxygens (including phenoxy) is 1. The number of hydrogen-bond acceptors (Lipinski definition) is 8. The lowest BCUT2D eigenvalue weighted by atomic mass is 9.82. The molecular formula is C39H58F2N4O6S. The Morgan fingerprint density at radius 3 is 2.37 bits per heavy atom. The fourth-order valence-electron chi connectivity index (χ4n) is 7.08. The molecule has 13 heteroatoms. The molecule has 3 rings (SSSR count). The van der Waals surface area contributed by atoms with Crippen LogP contribution in [0.4, 0.5) is 8.78 Å². The molecule has 0 saturated carbocycles. The molecule has 0 aliphatic carbocycles. The van der Waals surface area contributed by atoms with Crippen LogP contribution >= 0.6 is 11.3 Å². The van der Waals surface area contributed by atoms with Crippen molar-refractivity contribution in [1.29, 1.82) is 0 Å². The van der Waals surface area contributed by atoms with Crippen molar-refractivity contribution in [2.24, 2.45) is 23.7 Å². The first-order valence-electron chi connectivity index (χ1n) is 18.5. The monoisotopic (exact) mass is 748 g/mol. The number of carboxylic acid groups (broad SMARTS) is 1. The summed E-state index contributed by atoms with van der Waals surface area (Å²) in [6.45, 7) is 11.3. The van der Waals surface area contributed by atoms with Gasteiger partial charge in [0.2, 0.25) is 5.91 Å². The number of aromatic nitrogens is 1. The molecule has 1 aromatic heterocycles. The van der Waals surface area contributed by atoms with E-state index in [9.17, 15) is 33.1 Å². The maximum absolute atomic E-state index is 14.2. The predicted octanol–water partition coefficient (Wildman–Crippen LogP) is 6.90. The summed E-state index contributed by atoms with van der Waals surface area (Å²) in [5.74, 6) is -5.87. The van der Waals surface area contributed by atoms with Gasteiger partial charge < -0.3 is 20.1 Å². The zero-order chi connectivity index (χ0) is 38.7. The lowest BCUT2D eigenvalue weighted by Gasteiger charge is -2.38. The second kappa shape index (κ2) is 19.7. The summed E-state index contributed by atoms with van der Waals surface area (Å²) >= 11 is 1.29. The average Bonchev–Trinajstić information content (AvgIpc) is 3.58. The number of likely N-dealkylation sites (N-methyl/N-ethyl adjacent to an activating group) is 1. The summed E-state index contributed by atoms with van der Waals surface area (Å²) in [5, 5.41) is 14.8. The highest BCUT2D eigenvalue weighted by Gasteiger charge is 2.42. The molecule has 1 unspecified atom stereocenters. The van der Waals surface area contributed by atoms with E-state index in [2.05, 4.69) is 10.3 Å². The van der Waals surface area contributed by atoms with Crippen LogP contribution in [-0.4, -0.2) is 94.8 Å². The van der Waals surface area contributed by atoms with Gasteiger partial charge in [-0.3, -0.25) is 24.1 Å². The number of rotatable bonds is 20. The van der Waals surface area contributed by atoms with Crippen LogP contribution in [0, 0.1) is 23.7 Å². The van der Waals surface area contributed by atoms with Gasteiger partial charge in [0.05, 0.1) is 18.5 Å². The fraction of sp³-hybridized carbons (Fsp3) is 0.667. The predicted molar refractivity (Wildman–Crippen MR) is 198 cm³/mol. The number of piperidine rings is 1. The Balaban J connectivity index is 1.77. The van der Waals surface area contributed by atoms with Gasteiger partial charge in [-0.15, -0.1) is 11.3 Å². The number of ketones is 1. The van der Waals surface area contributed by atoms with Crippen LogP contribution in [0.2, 0.25) is 0 Å². The maximum Gasteiger partial charge on any atom is 0.306 e. The van der Waals surface area contributed by atoms with E-state index < -0.39 is 54.4 Å². The summed E-state index contributed by atoms with van der Waals surface area (Å²) in [6, 6.07) is 8.21. The maximum atomic E-state index is 14.2. The van der Waals surface area contributed by atoms with Crippen LogP contribution in [-0.2, 0) is 25.5 Å². The van der Waals surface area contributed by atoms with Crippen LogP contribution in [0.15, 0.2) is 35.7 Å². The number of halogens is 2. The van der Waals surface area contributed by atoms with Crippen molar-refractivity contribution in [2.45, 2.75) is 117 Å². The Kier molecular flexibility index (Phi) is 16.3. The molecular weight excluding hydrogens is 691 g/mol. The molecule has 2 amide bonds. The molecule has 1 aliphatic heterocycles. The van der Waals surface area contributed by atoms with E-state index in [0.717, 1.165) is 5.56 Å². The van der Waals surface area contributed by atoms with Crippen molar-refractivity contribution >= 4 is 34.9 Å². The van der Waals surface area contributed by atoms with E-state index in [1.165, 1.54) is 16.2 Å². The molecule has 0 radical (unpaired) electrons. The van der Waals surface area contributed by atoms with Gasteiger partial charge in [0.25, 0.3) is 11.8 Å². The minimum Gasteiger partial charge on any atom is -0.481 e. The molecule has 0 bridgehead atoms. The van der Waals surface area contributed by atoms with E-state index in [1.54, 1.807) is 31.3 Å². The van der Waals surface area contributed by atoms with Gasteiger partial charge in [-0.25, -0.2) is 13.8 Å². The van der Waals surface area contributed by atoms with Gasteiger partial charge in [0.1, 0.15) is 16.8 Å². The Hall–Kier alpha value is -3.29. The quantitative estimate of drug-likeness (QED) is 0.150. The number of benzene rings is 1. The highest BCUT2D eigenvalue weighted by atomic mass is 32.1. The molecule has 1 aromatic carbocycles. The van der Waals surface area contributed by atoms with E-state index in [0.29, 0.717) is 30.9 Å². The van der Waals surface area contributed by atoms with Crippen molar-refractivity contribution in [2.75, 3.05) is 27.2 Å². The lowest BCUT2D eigenvalue weighted by molar-refractivity contribution is -0.145. The fourth-order valence-corrected chi connectivity index (χ4v) is 7.94. The highest BCUT2D eigenvalue weighted by Crippen LogP contribution is 2.34. The highest BCUT2D eigenvalue weighted by molar-refractivity contribution is 7.09. The number of hydrogen-bond donors (Lipinski definition) is 2. The molecule has 1 saturated heterocycles. The topological polar surface area (TPSA) is 129 Å².